The van der Waals surface area contributed by atoms with E-state index in [4.69, 9.17) is 5.11 Å². The smallest absolute Gasteiger partial charge is 0.358 e. The number of carboxylic acid groups (broad SMARTS) is 1. The molecule has 104 valence electrons. The molecule has 1 aliphatic heterocycles. The van der Waals surface area contributed by atoms with Gasteiger partial charge in [0.2, 0.25) is 0 Å². The number of hydrogen-bond donors (Lipinski definition) is 1. The van der Waals surface area contributed by atoms with Crippen molar-refractivity contribution in [1.82, 2.24) is 20.0 Å². The first-order chi connectivity index (χ1) is 9.65. The lowest BCUT2D eigenvalue weighted by molar-refractivity contribution is 0.0690. The van der Waals surface area contributed by atoms with Gasteiger partial charge < -0.3 is 10.0 Å². The van der Waals surface area contributed by atoms with Crippen molar-refractivity contribution in [3.8, 4) is 0 Å². The lowest BCUT2D eigenvalue weighted by Crippen LogP contribution is -2.37. The van der Waals surface area contributed by atoms with Crippen LogP contribution < -0.4 is 4.90 Å². The molecule has 20 heavy (non-hydrogen) atoms. The van der Waals surface area contributed by atoms with Crippen molar-refractivity contribution in [3.63, 3.8) is 0 Å². The molecule has 1 N–H and O–H groups in total. The van der Waals surface area contributed by atoms with E-state index in [0.717, 1.165) is 24.5 Å². The average Bonchev–Trinajstić information content (AvgIpc) is 2.86. The van der Waals surface area contributed by atoms with Crippen molar-refractivity contribution < 1.29 is 9.90 Å². The molecule has 0 aromatic carbocycles. The van der Waals surface area contributed by atoms with Crippen LogP contribution in [0.4, 0.5) is 5.82 Å². The monoisotopic (exact) mass is 273 g/mol. The van der Waals surface area contributed by atoms with E-state index in [1.54, 1.807) is 6.20 Å². The quantitative estimate of drug-likeness (QED) is 0.900. The van der Waals surface area contributed by atoms with Gasteiger partial charge in [-0.15, -0.1) is 5.10 Å². The molecular weight excluding hydrogens is 258 g/mol. The molecule has 0 aliphatic carbocycles. The van der Waals surface area contributed by atoms with Gasteiger partial charge in [0.25, 0.3) is 0 Å². The summed E-state index contributed by atoms with van der Waals surface area (Å²) in [5.41, 5.74) is 0.915. The molecule has 7 heteroatoms. The van der Waals surface area contributed by atoms with E-state index >= 15 is 0 Å². The highest BCUT2D eigenvalue weighted by Crippen LogP contribution is 2.21. The Morgan fingerprint density at radius 2 is 2.20 bits per heavy atom. The number of hydrogen-bond acceptors (Lipinski definition) is 5. The minimum Gasteiger partial charge on any atom is -0.476 e. The molecule has 7 nitrogen and oxygen atoms in total. The van der Waals surface area contributed by atoms with Crippen LogP contribution in [0.25, 0.3) is 0 Å². The first-order valence-electron chi connectivity index (χ1n) is 6.51. The Morgan fingerprint density at radius 3 is 2.70 bits per heavy atom. The van der Waals surface area contributed by atoms with Crippen molar-refractivity contribution in [2.24, 2.45) is 0 Å². The van der Waals surface area contributed by atoms with E-state index in [2.05, 4.69) is 20.2 Å². The summed E-state index contributed by atoms with van der Waals surface area (Å²) < 4.78 is 1.53. The molecule has 1 unspecified atom stereocenters. The summed E-state index contributed by atoms with van der Waals surface area (Å²) in [4.78, 5) is 17.5. The van der Waals surface area contributed by atoms with Gasteiger partial charge in [0.1, 0.15) is 5.82 Å². The molecule has 1 aliphatic rings. The Labute approximate surface area is 115 Å². The summed E-state index contributed by atoms with van der Waals surface area (Å²) in [7, 11) is 0. The Hall–Kier alpha value is -2.44. The number of carbonyl (C=O) groups is 1. The number of rotatable bonds is 4. The van der Waals surface area contributed by atoms with E-state index in [9.17, 15) is 4.79 Å². The van der Waals surface area contributed by atoms with E-state index < -0.39 is 5.97 Å². The van der Waals surface area contributed by atoms with Gasteiger partial charge >= 0.3 is 5.97 Å². The van der Waals surface area contributed by atoms with Crippen molar-refractivity contribution in [2.75, 3.05) is 18.0 Å². The summed E-state index contributed by atoms with van der Waals surface area (Å²) in [6.07, 6.45) is 4.45. The number of aromatic carboxylic acids is 1. The van der Waals surface area contributed by atoms with Crippen LogP contribution in [-0.2, 0) is 0 Å². The maximum absolute atomic E-state index is 10.8. The Morgan fingerprint density at radius 1 is 1.40 bits per heavy atom. The average molecular weight is 273 g/mol. The van der Waals surface area contributed by atoms with Crippen LogP contribution in [0, 0.1) is 0 Å². The molecule has 1 atom stereocenters. The van der Waals surface area contributed by atoms with Crippen LogP contribution in [0.3, 0.4) is 0 Å². The van der Waals surface area contributed by atoms with Crippen LogP contribution in [0.5, 0.6) is 0 Å². The highest BCUT2D eigenvalue weighted by molar-refractivity contribution is 5.84. The molecule has 1 saturated heterocycles. The zero-order valence-electron chi connectivity index (χ0n) is 11.1. The number of aromatic nitrogens is 4. The SMILES string of the molecule is CC(c1ccc(N2CCC2)nc1)n1cc(C(=O)O)nn1. The van der Waals surface area contributed by atoms with Gasteiger partial charge in [-0.3, -0.25) is 0 Å². The number of anilines is 1. The van der Waals surface area contributed by atoms with Gasteiger partial charge in [-0.05, 0) is 25.0 Å². The molecule has 0 radical (unpaired) electrons. The molecule has 1 fully saturated rings. The first-order valence-corrected chi connectivity index (χ1v) is 6.51. The van der Waals surface area contributed by atoms with Crippen molar-refractivity contribution in [1.29, 1.82) is 0 Å². The Balaban J connectivity index is 1.78. The molecule has 0 saturated carbocycles. The zero-order chi connectivity index (χ0) is 14.1. The van der Waals surface area contributed by atoms with Crippen LogP contribution in [0.15, 0.2) is 24.5 Å². The van der Waals surface area contributed by atoms with Gasteiger partial charge in [-0.1, -0.05) is 11.3 Å². The molecule has 2 aromatic rings. The second kappa shape index (κ2) is 4.92. The lowest BCUT2D eigenvalue weighted by atomic mass is 10.1. The Kier molecular flexibility index (Phi) is 3.09. The number of pyridine rings is 1. The fourth-order valence-electron chi connectivity index (χ4n) is 2.09. The highest BCUT2D eigenvalue weighted by Gasteiger charge is 2.17. The second-order valence-corrected chi connectivity index (χ2v) is 4.86. The zero-order valence-corrected chi connectivity index (χ0v) is 11.1. The Bertz CT molecular complexity index is 618. The molecule has 3 heterocycles. The summed E-state index contributed by atoms with van der Waals surface area (Å²) in [6, 6.07) is 3.88. The third-order valence-electron chi connectivity index (χ3n) is 3.56. The van der Waals surface area contributed by atoms with Gasteiger partial charge in [-0.2, -0.15) is 0 Å². The number of carboxylic acids is 1. The summed E-state index contributed by atoms with van der Waals surface area (Å²) >= 11 is 0. The standard InChI is InChI=1S/C13H15N5O2/c1-9(18-8-11(13(19)20)15-16-18)10-3-4-12(14-7-10)17-5-2-6-17/h3-4,7-9H,2,5-6H2,1H3,(H,19,20). The van der Waals surface area contributed by atoms with Crippen molar-refractivity contribution in [3.05, 3.63) is 35.8 Å². The third-order valence-corrected chi connectivity index (χ3v) is 3.56. The molecule has 3 rings (SSSR count). The largest absolute Gasteiger partial charge is 0.476 e. The first kappa shape index (κ1) is 12.6. The van der Waals surface area contributed by atoms with E-state index in [-0.39, 0.29) is 11.7 Å². The molecular formula is C13H15N5O2. The minimum absolute atomic E-state index is 0.0537. The lowest BCUT2D eigenvalue weighted by Gasteiger charge is -2.32. The topological polar surface area (TPSA) is 84.1 Å². The third kappa shape index (κ3) is 2.22. The highest BCUT2D eigenvalue weighted by atomic mass is 16.4. The number of nitrogens with zero attached hydrogens (tertiary/aromatic N) is 5. The fraction of sp³-hybridized carbons (Fsp3) is 0.385. The molecule has 0 bridgehead atoms. The maximum Gasteiger partial charge on any atom is 0.358 e. The minimum atomic E-state index is -1.07. The van der Waals surface area contributed by atoms with E-state index in [0.29, 0.717) is 0 Å². The van der Waals surface area contributed by atoms with Gasteiger partial charge in [0.15, 0.2) is 5.69 Å². The summed E-state index contributed by atoms with van der Waals surface area (Å²) in [5.74, 6) is -0.0910. The van der Waals surface area contributed by atoms with Crippen molar-refractivity contribution in [2.45, 2.75) is 19.4 Å². The van der Waals surface area contributed by atoms with E-state index in [1.165, 1.54) is 17.3 Å². The van der Waals surface area contributed by atoms with Crippen LogP contribution in [-0.4, -0.2) is 44.1 Å². The predicted octanol–water partition coefficient (Wildman–Crippen LogP) is 1.19. The van der Waals surface area contributed by atoms with Gasteiger partial charge in [-0.25, -0.2) is 14.5 Å². The van der Waals surface area contributed by atoms with Crippen LogP contribution in [0.1, 0.15) is 35.4 Å². The normalized spacial score (nSPS) is 15.8. The van der Waals surface area contributed by atoms with Gasteiger partial charge in [0, 0.05) is 19.3 Å². The second-order valence-electron chi connectivity index (χ2n) is 4.86. The maximum atomic E-state index is 10.8. The predicted molar refractivity (Wildman–Crippen MR) is 71.9 cm³/mol. The van der Waals surface area contributed by atoms with Crippen LogP contribution in [0.2, 0.25) is 0 Å². The van der Waals surface area contributed by atoms with Crippen LogP contribution >= 0.6 is 0 Å². The summed E-state index contributed by atoms with van der Waals surface area (Å²) in [5, 5.41) is 16.3. The molecule has 0 spiro atoms. The summed E-state index contributed by atoms with van der Waals surface area (Å²) in [6.45, 7) is 4.06. The van der Waals surface area contributed by atoms with E-state index in [1.807, 2.05) is 19.1 Å². The molecule has 0 amide bonds. The molecule has 2 aromatic heterocycles. The van der Waals surface area contributed by atoms with Crippen molar-refractivity contribution >= 4 is 11.8 Å². The van der Waals surface area contributed by atoms with Gasteiger partial charge in [0.05, 0.1) is 12.2 Å². The fourth-order valence-corrected chi connectivity index (χ4v) is 2.09.